The molecule has 1 aliphatic rings. The van der Waals surface area contributed by atoms with Gasteiger partial charge in [0.05, 0.1) is 20.3 Å². The first-order chi connectivity index (χ1) is 12.2. The van der Waals surface area contributed by atoms with Crippen molar-refractivity contribution >= 4 is 28.7 Å². The van der Waals surface area contributed by atoms with Gasteiger partial charge in [-0.25, -0.2) is 0 Å². The zero-order valence-corrected chi connectivity index (χ0v) is 15.1. The molecular formula is C19H23N3O2S. The van der Waals surface area contributed by atoms with Gasteiger partial charge in [-0.3, -0.25) is 4.90 Å². The Labute approximate surface area is 153 Å². The van der Waals surface area contributed by atoms with E-state index in [1.54, 1.807) is 7.11 Å². The first-order valence-corrected chi connectivity index (χ1v) is 8.75. The minimum atomic E-state index is 0.550. The van der Waals surface area contributed by atoms with Crippen LogP contribution in [0.25, 0.3) is 0 Å². The number of morpholine rings is 1. The van der Waals surface area contributed by atoms with Crippen molar-refractivity contribution in [2.24, 2.45) is 0 Å². The van der Waals surface area contributed by atoms with Gasteiger partial charge in [0.15, 0.2) is 5.11 Å². The van der Waals surface area contributed by atoms with Crippen LogP contribution in [0.2, 0.25) is 0 Å². The Balaban J connectivity index is 1.52. The summed E-state index contributed by atoms with van der Waals surface area (Å²) in [6.07, 6.45) is 0. The number of nitrogens with one attached hydrogen (secondary N) is 2. The van der Waals surface area contributed by atoms with Crippen molar-refractivity contribution < 1.29 is 9.47 Å². The molecule has 0 unspecified atom stereocenters. The molecular weight excluding hydrogens is 334 g/mol. The average Bonchev–Trinajstić information content (AvgIpc) is 2.64. The van der Waals surface area contributed by atoms with Crippen LogP contribution in [-0.2, 0) is 11.3 Å². The molecule has 25 heavy (non-hydrogen) atoms. The van der Waals surface area contributed by atoms with E-state index in [4.69, 9.17) is 21.7 Å². The Kier molecular flexibility index (Phi) is 6.22. The van der Waals surface area contributed by atoms with Crippen molar-refractivity contribution in [1.29, 1.82) is 0 Å². The van der Waals surface area contributed by atoms with Crippen LogP contribution in [0.4, 0.5) is 11.4 Å². The molecule has 5 nitrogen and oxygen atoms in total. The maximum absolute atomic E-state index is 5.38. The molecule has 2 aromatic rings. The summed E-state index contributed by atoms with van der Waals surface area (Å²) in [5.74, 6) is 0.792. The number of hydrogen-bond acceptors (Lipinski definition) is 4. The van der Waals surface area contributed by atoms with Crippen LogP contribution in [0, 0.1) is 0 Å². The maximum atomic E-state index is 5.38. The zero-order valence-electron chi connectivity index (χ0n) is 14.3. The van der Waals surface area contributed by atoms with E-state index in [2.05, 4.69) is 39.8 Å². The third kappa shape index (κ3) is 5.42. The van der Waals surface area contributed by atoms with Crippen molar-refractivity contribution in [2.45, 2.75) is 6.54 Å². The van der Waals surface area contributed by atoms with E-state index in [1.165, 1.54) is 5.56 Å². The topological polar surface area (TPSA) is 45.8 Å². The smallest absolute Gasteiger partial charge is 0.175 e. The van der Waals surface area contributed by atoms with Gasteiger partial charge in [0.1, 0.15) is 5.75 Å². The number of thiocarbonyl (C=S) groups is 1. The molecule has 0 atom stereocenters. The largest absolute Gasteiger partial charge is 0.497 e. The minimum Gasteiger partial charge on any atom is -0.497 e. The molecule has 0 radical (unpaired) electrons. The molecule has 0 saturated carbocycles. The van der Waals surface area contributed by atoms with Crippen molar-refractivity contribution in [3.8, 4) is 5.75 Å². The predicted molar refractivity (Wildman–Crippen MR) is 105 cm³/mol. The molecule has 0 amide bonds. The lowest BCUT2D eigenvalue weighted by Crippen LogP contribution is -2.35. The standard InChI is InChI=1S/C19H23N3O2S/c1-23-18-4-2-3-17(13-18)21-19(25)20-16-7-5-15(6-8-16)14-22-9-11-24-12-10-22/h2-8,13H,9-12,14H2,1H3,(H2,20,21,25). The van der Waals surface area contributed by atoms with E-state index < -0.39 is 0 Å². The van der Waals surface area contributed by atoms with Gasteiger partial charge >= 0.3 is 0 Å². The van der Waals surface area contributed by atoms with Crippen LogP contribution < -0.4 is 15.4 Å². The third-order valence-corrected chi connectivity index (χ3v) is 4.25. The average molecular weight is 357 g/mol. The summed E-state index contributed by atoms with van der Waals surface area (Å²) < 4.78 is 10.6. The zero-order chi connectivity index (χ0) is 17.5. The SMILES string of the molecule is COc1cccc(NC(=S)Nc2ccc(CN3CCOCC3)cc2)c1. The molecule has 1 heterocycles. The number of hydrogen-bond donors (Lipinski definition) is 2. The Bertz CT molecular complexity index is 700. The number of nitrogens with zero attached hydrogens (tertiary/aromatic N) is 1. The first-order valence-electron chi connectivity index (χ1n) is 8.34. The summed E-state index contributed by atoms with van der Waals surface area (Å²) >= 11 is 5.38. The fourth-order valence-electron chi connectivity index (χ4n) is 2.71. The minimum absolute atomic E-state index is 0.550. The molecule has 1 saturated heterocycles. The van der Waals surface area contributed by atoms with Gasteiger partial charge in [0, 0.05) is 37.1 Å². The molecule has 1 fully saturated rings. The fraction of sp³-hybridized carbons (Fsp3) is 0.316. The van der Waals surface area contributed by atoms with Crippen molar-refractivity contribution in [1.82, 2.24) is 4.90 Å². The lowest BCUT2D eigenvalue weighted by Gasteiger charge is -2.26. The van der Waals surface area contributed by atoms with Gasteiger partial charge in [-0.05, 0) is 42.0 Å². The highest BCUT2D eigenvalue weighted by Gasteiger charge is 2.10. The molecule has 6 heteroatoms. The highest BCUT2D eigenvalue weighted by atomic mass is 32.1. The Morgan fingerprint density at radius 1 is 1.08 bits per heavy atom. The normalized spacial score (nSPS) is 14.8. The molecule has 2 aromatic carbocycles. The first kappa shape index (κ1) is 17.7. The van der Waals surface area contributed by atoms with Crippen LogP contribution in [0.1, 0.15) is 5.56 Å². The van der Waals surface area contributed by atoms with Gasteiger partial charge < -0.3 is 20.1 Å². The molecule has 1 aliphatic heterocycles. The number of methoxy groups -OCH3 is 1. The van der Waals surface area contributed by atoms with Gasteiger partial charge in [-0.15, -0.1) is 0 Å². The lowest BCUT2D eigenvalue weighted by molar-refractivity contribution is 0.0342. The van der Waals surface area contributed by atoms with Crippen LogP contribution in [0.5, 0.6) is 5.75 Å². The van der Waals surface area contributed by atoms with E-state index in [1.807, 2.05) is 24.3 Å². The van der Waals surface area contributed by atoms with E-state index in [9.17, 15) is 0 Å². The van der Waals surface area contributed by atoms with E-state index in [-0.39, 0.29) is 0 Å². The summed E-state index contributed by atoms with van der Waals surface area (Å²) in [7, 11) is 1.65. The predicted octanol–water partition coefficient (Wildman–Crippen LogP) is 3.34. The second-order valence-corrected chi connectivity index (χ2v) is 6.30. The molecule has 0 spiro atoms. The highest BCUT2D eigenvalue weighted by Crippen LogP contribution is 2.17. The van der Waals surface area contributed by atoms with Crippen LogP contribution in [0.3, 0.4) is 0 Å². The summed E-state index contributed by atoms with van der Waals surface area (Å²) in [6, 6.07) is 16.0. The monoisotopic (exact) mass is 357 g/mol. The van der Waals surface area contributed by atoms with Crippen molar-refractivity contribution in [3.63, 3.8) is 0 Å². The second-order valence-electron chi connectivity index (χ2n) is 5.90. The Morgan fingerprint density at radius 2 is 1.80 bits per heavy atom. The summed E-state index contributed by atoms with van der Waals surface area (Å²) in [4.78, 5) is 2.40. The number of benzene rings is 2. The van der Waals surface area contributed by atoms with E-state index in [0.29, 0.717) is 5.11 Å². The Morgan fingerprint density at radius 3 is 2.52 bits per heavy atom. The molecule has 2 N–H and O–H groups in total. The Hall–Kier alpha value is -2.15. The number of ether oxygens (including phenoxy) is 2. The van der Waals surface area contributed by atoms with Crippen LogP contribution in [0.15, 0.2) is 48.5 Å². The van der Waals surface area contributed by atoms with Gasteiger partial charge in [0.2, 0.25) is 0 Å². The van der Waals surface area contributed by atoms with Gasteiger partial charge in [-0.2, -0.15) is 0 Å². The van der Waals surface area contributed by atoms with Crippen LogP contribution >= 0.6 is 12.2 Å². The summed E-state index contributed by atoms with van der Waals surface area (Å²) in [6.45, 7) is 4.59. The van der Waals surface area contributed by atoms with Crippen molar-refractivity contribution in [3.05, 3.63) is 54.1 Å². The van der Waals surface area contributed by atoms with E-state index in [0.717, 1.165) is 50.0 Å². The van der Waals surface area contributed by atoms with Gasteiger partial charge in [0.25, 0.3) is 0 Å². The van der Waals surface area contributed by atoms with E-state index >= 15 is 0 Å². The molecule has 0 aliphatic carbocycles. The quantitative estimate of drug-likeness (QED) is 0.801. The highest BCUT2D eigenvalue weighted by molar-refractivity contribution is 7.80. The van der Waals surface area contributed by atoms with Crippen LogP contribution in [-0.4, -0.2) is 43.4 Å². The summed E-state index contributed by atoms with van der Waals surface area (Å²) in [5.41, 5.74) is 3.14. The van der Waals surface area contributed by atoms with Crippen molar-refractivity contribution in [2.75, 3.05) is 44.0 Å². The molecule has 0 aromatic heterocycles. The number of rotatable bonds is 5. The summed E-state index contributed by atoms with van der Waals surface area (Å²) in [5, 5.41) is 6.92. The second kappa shape index (κ2) is 8.80. The molecule has 3 rings (SSSR count). The maximum Gasteiger partial charge on any atom is 0.175 e. The fourth-order valence-corrected chi connectivity index (χ4v) is 2.94. The molecule has 132 valence electrons. The third-order valence-electron chi connectivity index (χ3n) is 4.05. The van der Waals surface area contributed by atoms with Gasteiger partial charge in [-0.1, -0.05) is 18.2 Å². The lowest BCUT2D eigenvalue weighted by atomic mass is 10.2. The molecule has 0 bridgehead atoms. The number of anilines is 2.